The fourth-order valence-electron chi connectivity index (χ4n) is 1.45. The van der Waals surface area contributed by atoms with Gasteiger partial charge in [-0.1, -0.05) is 19.4 Å². The van der Waals surface area contributed by atoms with Crippen LogP contribution in [0.2, 0.25) is 0 Å². The van der Waals surface area contributed by atoms with Gasteiger partial charge in [-0.2, -0.15) is 0 Å². The zero-order valence-electron chi connectivity index (χ0n) is 10.6. The first-order chi connectivity index (χ1) is 8.56. The number of unbranched alkanes of at least 4 members (excludes halogenated alkanes) is 1. The predicted octanol–water partition coefficient (Wildman–Crippen LogP) is 2.60. The Morgan fingerprint density at radius 3 is 2.72 bits per heavy atom. The zero-order chi connectivity index (χ0) is 13.5. The number of aryl methyl sites for hydroxylation is 1. The average molecular weight is 256 g/mol. The molecule has 0 spiro atoms. The molecule has 1 aromatic rings. The summed E-state index contributed by atoms with van der Waals surface area (Å²) < 4.78 is 26.9. The van der Waals surface area contributed by atoms with E-state index < -0.39 is 11.6 Å². The number of carbonyl (C=O) groups excluding carboxylic acids is 1. The molecule has 0 fully saturated rings. The summed E-state index contributed by atoms with van der Waals surface area (Å²) in [5.74, 6) is -1.63. The molecule has 0 saturated carbocycles. The number of nitrogens with one attached hydrogen (secondary N) is 2. The summed E-state index contributed by atoms with van der Waals surface area (Å²) in [7, 11) is 0. The summed E-state index contributed by atoms with van der Waals surface area (Å²) >= 11 is 0. The summed E-state index contributed by atoms with van der Waals surface area (Å²) in [5.41, 5.74) is 0.0888. The Morgan fingerprint density at radius 2 is 2.06 bits per heavy atom. The standard InChI is InChI=1S/C13H18F2N2O/c1-3-4-7-16-11(18)8-17-13-10(14)6-5-9(2)12(13)15/h5-6,17H,3-4,7-8H2,1-2H3,(H,16,18). The molecule has 3 nitrogen and oxygen atoms in total. The van der Waals surface area contributed by atoms with Crippen molar-refractivity contribution in [3.8, 4) is 0 Å². The van der Waals surface area contributed by atoms with Gasteiger partial charge in [0.15, 0.2) is 5.82 Å². The second-order valence-electron chi connectivity index (χ2n) is 4.11. The minimum atomic E-state index is -0.695. The van der Waals surface area contributed by atoms with Gasteiger partial charge in [0.1, 0.15) is 11.5 Å². The number of halogens is 2. The minimum absolute atomic E-state index is 0.138. The number of carbonyl (C=O) groups is 1. The Bertz CT molecular complexity index is 422. The molecule has 5 heteroatoms. The van der Waals surface area contributed by atoms with E-state index in [1.54, 1.807) is 6.92 Å². The van der Waals surface area contributed by atoms with Crippen LogP contribution in [-0.2, 0) is 4.79 Å². The average Bonchev–Trinajstić information content (AvgIpc) is 2.34. The van der Waals surface area contributed by atoms with Gasteiger partial charge in [-0.25, -0.2) is 8.78 Å². The molecule has 1 rings (SSSR count). The van der Waals surface area contributed by atoms with Crippen LogP contribution in [0.3, 0.4) is 0 Å². The largest absolute Gasteiger partial charge is 0.371 e. The van der Waals surface area contributed by atoms with Crippen LogP contribution in [0.4, 0.5) is 14.5 Å². The first-order valence-electron chi connectivity index (χ1n) is 6.01. The van der Waals surface area contributed by atoms with Crippen LogP contribution < -0.4 is 10.6 Å². The Kier molecular flexibility index (Phi) is 5.55. The normalized spacial score (nSPS) is 10.2. The van der Waals surface area contributed by atoms with Crippen LogP contribution in [0.25, 0.3) is 0 Å². The van der Waals surface area contributed by atoms with E-state index in [0.717, 1.165) is 12.8 Å². The number of hydrogen-bond acceptors (Lipinski definition) is 2. The van der Waals surface area contributed by atoms with Crippen molar-refractivity contribution in [3.05, 3.63) is 29.3 Å². The molecule has 0 aliphatic carbocycles. The molecule has 0 unspecified atom stereocenters. The molecule has 2 N–H and O–H groups in total. The maximum Gasteiger partial charge on any atom is 0.239 e. The number of benzene rings is 1. The molecule has 1 aromatic carbocycles. The molecule has 18 heavy (non-hydrogen) atoms. The van der Waals surface area contributed by atoms with Gasteiger partial charge in [0.2, 0.25) is 5.91 Å². The second kappa shape index (κ2) is 6.93. The van der Waals surface area contributed by atoms with E-state index >= 15 is 0 Å². The number of anilines is 1. The van der Waals surface area contributed by atoms with Crippen molar-refractivity contribution in [1.29, 1.82) is 0 Å². The summed E-state index contributed by atoms with van der Waals surface area (Å²) in [6.45, 7) is 4.00. The van der Waals surface area contributed by atoms with Gasteiger partial charge in [-0.05, 0) is 25.0 Å². The molecule has 0 bridgehead atoms. The first kappa shape index (κ1) is 14.4. The van der Waals surface area contributed by atoms with Gasteiger partial charge >= 0.3 is 0 Å². The Labute approximate surface area is 106 Å². The van der Waals surface area contributed by atoms with Crippen molar-refractivity contribution in [3.63, 3.8) is 0 Å². The minimum Gasteiger partial charge on any atom is -0.371 e. The molecule has 0 saturated heterocycles. The lowest BCUT2D eigenvalue weighted by Crippen LogP contribution is -2.31. The molecule has 0 radical (unpaired) electrons. The van der Waals surface area contributed by atoms with Crippen molar-refractivity contribution >= 4 is 11.6 Å². The number of rotatable bonds is 6. The van der Waals surface area contributed by atoms with Crippen molar-refractivity contribution in [2.45, 2.75) is 26.7 Å². The van der Waals surface area contributed by atoms with E-state index in [2.05, 4.69) is 10.6 Å². The second-order valence-corrected chi connectivity index (χ2v) is 4.11. The highest BCUT2D eigenvalue weighted by Crippen LogP contribution is 2.21. The van der Waals surface area contributed by atoms with Crippen LogP contribution in [0.15, 0.2) is 12.1 Å². The fraction of sp³-hybridized carbons (Fsp3) is 0.462. The molecule has 0 aromatic heterocycles. The van der Waals surface area contributed by atoms with Crippen LogP contribution in [-0.4, -0.2) is 19.0 Å². The molecule has 100 valence electrons. The van der Waals surface area contributed by atoms with E-state index in [0.29, 0.717) is 12.1 Å². The first-order valence-corrected chi connectivity index (χ1v) is 6.01. The van der Waals surface area contributed by atoms with E-state index in [-0.39, 0.29) is 18.1 Å². The predicted molar refractivity (Wildman–Crippen MR) is 67.5 cm³/mol. The SMILES string of the molecule is CCCCNC(=O)CNc1c(F)ccc(C)c1F. The van der Waals surface area contributed by atoms with Gasteiger partial charge in [0, 0.05) is 6.54 Å². The van der Waals surface area contributed by atoms with Crippen molar-refractivity contribution < 1.29 is 13.6 Å². The lowest BCUT2D eigenvalue weighted by Gasteiger charge is -2.10. The lowest BCUT2D eigenvalue weighted by atomic mass is 10.2. The van der Waals surface area contributed by atoms with Gasteiger partial charge < -0.3 is 10.6 Å². The topological polar surface area (TPSA) is 41.1 Å². The lowest BCUT2D eigenvalue weighted by molar-refractivity contribution is -0.119. The van der Waals surface area contributed by atoms with E-state index in [9.17, 15) is 13.6 Å². The molecule has 0 aliphatic heterocycles. The highest BCUT2D eigenvalue weighted by atomic mass is 19.1. The number of hydrogen-bond donors (Lipinski definition) is 2. The monoisotopic (exact) mass is 256 g/mol. The van der Waals surface area contributed by atoms with Crippen LogP contribution in [0.5, 0.6) is 0 Å². The summed E-state index contributed by atoms with van der Waals surface area (Å²) in [6, 6.07) is 2.53. The fourth-order valence-corrected chi connectivity index (χ4v) is 1.45. The maximum atomic E-state index is 13.6. The third-order valence-electron chi connectivity index (χ3n) is 2.56. The molecule has 0 atom stereocenters. The van der Waals surface area contributed by atoms with Crippen molar-refractivity contribution in [2.24, 2.45) is 0 Å². The van der Waals surface area contributed by atoms with E-state index in [4.69, 9.17) is 0 Å². The van der Waals surface area contributed by atoms with E-state index in [1.165, 1.54) is 12.1 Å². The molecular weight excluding hydrogens is 238 g/mol. The molecular formula is C13H18F2N2O. The molecule has 0 heterocycles. The summed E-state index contributed by atoms with van der Waals surface area (Å²) in [4.78, 5) is 11.4. The highest BCUT2D eigenvalue weighted by Gasteiger charge is 2.12. The Hall–Kier alpha value is -1.65. The van der Waals surface area contributed by atoms with Gasteiger partial charge in [-0.3, -0.25) is 4.79 Å². The third-order valence-corrected chi connectivity index (χ3v) is 2.56. The summed E-state index contributed by atoms with van der Waals surface area (Å²) in [6.07, 6.45) is 1.87. The Balaban J connectivity index is 2.53. The summed E-state index contributed by atoms with van der Waals surface area (Å²) in [5, 5.41) is 5.15. The third kappa shape index (κ3) is 3.98. The van der Waals surface area contributed by atoms with E-state index in [1.807, 2.05) is 6.92 Å². The Morgan fingerprint density at radius 1 is 1.33 bits per heavy atom. The van der Waals surface area contributed by atoms with Crippen LogP contribution >= 0.6 is 0 Å². The highest BCUT2D eigenvalue weighted by molar-refractivity contribution is 5.80. The number of amides is 1. The molecule has 1 amide bonds. The van der Waals surface area contributed by atoms with Crippen LogP contribution in [0.1, 0.15) is 25.3 Å². The van der Waals surface area contributed by atoms with Crippen molar-refractivity contribution in [1.82, 2.24) is 5.32 Å². The smallest absolute Gasteiger partial charge is 0.239 e. The van der Waals surface area contributed by atoms with Gasteiger partial charge in [0.25, 0.3) is 0 Å². The zero-order valence-corrected chi connectivity index (χ0v) is 10.6. The quantitative estimate of drug-likeness (QED) is 0.768. The maximum absolute atomic E-state index is 13.6. The van der Waals surface area contributed by atoms with Gasteiger partial charge in [-0.15, -0.1) is 0 Å². The van der Waals surface area contributed by atoms with Crippen LogP contribution in [0, 0.1) is 18.6 Å². The van der Waals surface area contributed by atoms with Crippen molar-refractivity contribution in [2.75, 3.05) is 18.4 Å². The molecule has 0 aliphatic rings. The van der Waals surface area contributed by atoms with Gasteiger partial charge in [0.05, 0.1) is 6.54 Å².